The van der Waals surface area contributed by atoms with Gasteiger partial charge in [0.25, 0.3) is 5.91 Å². The summed E-state index contributed by atoms with van der Waals surface area (Å²) in [7, 11) is 0. The predicted molar refractivity (Wildman–Crippen MR) is 72.7 cm³/mol. The first-order chi connectivity index (χ1) is 8.65. The Morgan fingerprint density at radius 1 is 1.33 bits per heavy atom. The first-order valence-corrected chi connectivity index (χ1v) is 6.90. The molecule has 1 atom stereocenters. The van der Waals surface area contributed by atoms with Gasteiger partial charge in [0, 0.05) is 5.56 Å². The minimum absolute atomic E-state index is 0.355. The van der Waals surface area contributed by atoms with Crippen LogP contribution in [0.15, 0.2) is 30.3 Å². The Morgan fingerprint density at radius 2 is 2.00 bits per heavy atom. The second kappa shape index (κ2) is 7.76. The molecule has 0 aliphatic heterocycles. The number of rotatable bonds is 7. The van der Waals surface area contributed by atoms with E-state index in [4.69, 9.17) is 5.11 Å². The molecule has 1 aromatic rings. The molecule has 1 rings (SSSR count). The van der Waals surface area contributed by atoms with Crippen LogP contribution in [0.4, 0.5) is 0 Å². The quantitative estimate of drug-likeness (QED) is 0.588. The van der Waals surface area contributed by atoms with Crippen molar-refractivity contribution >= 4 is 23.6 Å². The minimum Gasteiger partial charge on any atom is -0.479 e. The third-order valence-corrected chi connectivity index (χ3v) is 3.48. The number of hydrogen-bond donors (Lipinski definition) is 2. The molecule has 1 amide bonds. The first-order valence-electron chi connectivity index (χ1n) is 5.85. The Hall–Kier alpha value is -1.49. The van der Waals surface area contributed by atoms with Gasteiger partial charge < -0.3 is 10.4 Å². The van der Waals surface area contributed by atoms with Crippen LogP contribution >= 0.6 is 11.8 Å². The van der Waals surface area contributed by atoms with Gasteiger partial charge in [-0.15, -0.1) is 11.8 Å². The maximum Gasteiger partial charge on any atom is 0.336 e. The highest BCUT2D eigenvalue weighted by Crippen LogP contribution is 2.12. The molecule has 1 unspecified atom stereocenters. The van der Waals surface area contributed by atoms with E-state index in [0.717, 1.165) is 18.6 Å². The third-order valence-electron chi connectivity index (χ3n) is 2.30. The number of amides is 1. The Bertz CT molecular complexity index is 394. The fourth-order valence-electron chi connectivity index (χ4n) is 1.31. The van der Waals surface area contributed by atoms with Gasteiger partial charge >= 0.3 is 5.97 Å². The Balaban J connectivity index is 2.55. The highest BCUT2D eigenvalue weighted by Gasteiger charge is 2.20. The Labute approximate surface area is 111 Å². The average molecular weight is 267 g/mol. The summed E-state index contributed by atoms with van der Waals surface area (Å²) in [5, 5.41) is 10.7. The van der Waals surface area contributed by atoms with Crippen molar-refractivity contribution in [1.29, 1.82) is 0 Å². The summed E-state index contributed by atoms with van der Waals surface area (Å²) in [5.41, 5.74) is 0.472. The summed E-state index contributed by atoms with van der Waals surface area (Å²) in [4.78, 5) is 22.8. The van der Waals surface area contributed by atoms with Crippen LogP contribution in [0.2, 0.25) is 0 Å². The maximum atomic E-state index is 11.8. The monoisotopic (exact) mass is 267 g/mol. The summed E-state index contributed by atoms with van der Waals surface area (Å²) in [6.45, 7) is 2.04. The van der Waals surface area contributed by atoms with E-state index >= 15 is 0 Å². The normalized spacial score (nSPS) is 11.8. The standard InChI is InChI=1S/C13H17NO3S/c1-2-3-9-18-12(13(16)17)14-11(15)10-7-5-4-6-8-10/h4-8,12H,2-3,9H2,1H3,(H,14,15)(H,16,17). The molecular weight excluding hydrogens is 250 g/mol. The molecule has 98 valence electrons. The third kappa shape index (κ3) is 4.79. The van der Waals surface area contributed by atoms with E-state index in [9.17, 15) is 9.59 Å². The summed E-state index contributed by atoms with van der Waals surface area (Å²) >= 11 is 1.25. The number of nitrogens with one attached hydrogen (secondary N) is 1. The lowest BCUT2D eigenvalue weighted by Crippen LogP contribution is -2.38. The first kappa shape index (κ1) is 14.6. The highest BCUT2D eigenvalue weighted by atomic mass is 32.2. The number of thioether (sulfide) groups is 1. The van der Waals surface area contributed by atoms with Crippen LogP contribution in [0.3, 0.4) is 0 Å². The van der Waals surface area contributed by atoms with E-state index in [-0.39, 0.29) is 5.91 Å². The highest BCUT2D eigenvalue weighted by molar-refractivity contribution is 8.00. The predicted octanol–water partition coefficient (Wildman–Crippen LogP) is 2.36. The smallest absolute Gasteiger partial charge is 0.336 e. The lowest BCUT2D eigenvalue weighted by atomic mass is 10.2. The zero-order valence-electron chi connectivity index (χ0n) is 10.3. The summed E-state index contributed by atoms with van der Waals surface area (Å²) < 4.78 is 0. The number of carboxylic acid groups (broad SMARTS) is 1. The zero-order chi connectivity index (χ0) is 13.4. The van der Waals surface area contributed by atoms with Crippen molar-refractivity contribution in [3.63, 3.8) is 0 Å². The number of carbonyl (C=O) groups excluding carboxylic acids is 1. The molecule has 18 heavy (non-hydrogen) atoms. The van der Waals surface area contributed by atoms with E-state index < -0.39 is 11.3 Å². The van der Waals surface area contributed by atoms with Gasteiger partial charge in [-0.05, 0) is 24.3 Å². The Morgan fingerprint density at radius 3 is 2.56 bits per heavy atom. The number of benzene rings is 1. The van der Waals surface area contributed by atoms with E-state index in [1.54, 1.807) is 24.3 Å². The molecule has 1 aromatic carbocycles. The molecule has 0 saturated carbocycles. The molecule has 0 heterocycles. The van der Waals surface area contributed by atoms with E-state index in [1.165, 1.54) is 11.8 Å². The van der Waals surface area contributed by atoms with E-state index in [0.29, 0.717) is 5.56 Å². The van der Waals surface area contributed by atoms with Crippen LogP contribution < -0.4 is 5.32 Å². The average Bonchev–Trinajstić information content (AvgIpc) is 2.38. The number of hydrogen-bond acceptors (Lipinski definition) is 3. The molecule has 0 bridgehead atoms. The lowest BCUT2D eigenvalue weighted by Gasteiger charge is -2.13. The van der Waals surface area contributed by atoms with E-state index in [2.05, 4.69) is 5.32 Å². The van der Waals surface area contributed by atoms with Crippen molar-refractivity contribution in [3.05, 3.63) is 35.9 Å². The van der Waals surface area contributed by atoms with Crippen molar-refractivity contribution in [3.8, 4) is 0 Å². The van der Waals surface area contributed by atoms with Gasteiger partial charge in [0.2, 0.25) is 0 Å². The molecule has 0 fully saturated rings. The summed E-state index contributed by atoms with van der Waals surface area (Å²) in [6.07, 6.45) is 1.95. The SMILES string of the molecule is CCCCSC(NC(=O)c1ccccc1)C(=O)O. The van der Waals surface area contributed by atoms with Gasteiger partial charge in [-0.1, -0.05) is 31.5 Å². The van der Waals surface area contributed by atoms with Crippen LogP contribution in [0.25, 0.3) is 0 Å². The zero-order valence-corrected chi connectivity index (χ0v) is 11.1. The van der Waals surface area contributed by atoms with Gasteiger partial charge in [0.05, 0.1) is 0 Å². The van der Waals surface area contributed by atoms with Gasteiger partial charge in [0.15, 0.2) is 5.37 Å². The fourth-order valence-corrected chi connectivity index (χ4v) is 2.34. The largest absolute Gasteiger partial charge is 0.479 e. The van der Waals surface area contributed by atoms with Crippen LogP contribution in [0, 0.1) is 0 Å². The van der Waals surface area contributed by atoms with Gasteiger partial charge in [-0.3, -0.25) is 4.79 Å². The molecule has 2 N–H and O–H groups in total. The number of aliphatic carboxylic acids is 1. The summed E-state index contributed by atoms with van der Waals surface area (Å²) in [5.74, 6) is -0.643. The van der Waals surface area contributed by atoms with Crippen molar-refractivity contribution < 1.29 is 14.7 Å². The van der Waals surface area contributed by atoms with Crippen molar-refractivity contribution in [2.75, 3.05) is 5.75 Å². The number of carbonyl (C=O) groups is 2. The number of unbranched alkanes of at least 4 members (excludes halogenated alkanes) is 1. The summed E-state index contributed by atoms with van der Waals surface area (Å²) in [6, 6.07) is 8.61. The molecule has 0 aromatic heterocycles. The van der Waals surface area contributed by atoms with Gasteiger partial charge in [0.1, 0.15) is 0 Å². The maximum absolute atomic E-state index is 11.8. The van der Waals surface area contributed by atoms with Crippen LogP contribution in [-0.4, -0.2) is 28.1 Å². The topological polar surface area (TPSA) is 66.4 Å². The molecule has 0 radical (unpaired) electrons. The molecule has 0 spiro atoms. The van der Waals surface area contributed by atoms with Crippen LogP contribution in [0.1, 0.15) is 30.1 Å². The molecule has 0 saturated heterocycles. The molecule has 0 aliphatic rings. The van der Waals surface area contributed by atoms with Gasteiger partial charge in [-0.25, -0.2) is 4.79 Å². The molecule has 4 nitrogen and oxygen atoms in total. The van der Waals surface area contributed by atoms with Crippen molar-refractivity contribution in [2.24, 2.45) is 0 Å². The Kier molecular flexibility index (Phi) is 6.28. The second-order valence-corrected chi connectivity index (χ2v) is 5.00. The molecule has 0 aliphatic carbocycles. The minimum atomic E-state index is -1.01. The van der Waals surface area contributed by atoms with Crippen molar-refractivity contribution in [1.82, 2.24) is 5.32 Å². The van der Waals surface area contributed by atoms with Gasteiger partial charge in [-0.2, -0.15) is 0 Å². The van der Waals surface area contributed by atoms with Crippen LogP contribution in [-0.2, 0) is 4.79 Å². The second-order valence-electron chi connectivity index (χ2n) is 3.78. The van der Waals surface area contributed by atoms with E-state index in [1.807, 2.05) is 13.0 Å². The molecule has 5 heteroatoms. The van der Waals surface area contributed by atoms with Crippen LogP contribution in [0.5, 0.6) is 0 Å². The van der Waals surface area contributed by atoms with Crippen molar-refractivity contribution in [2.45, 2.75) is 25.1 Å². The fraction of sp³-hybridized carbons (Fsp3) is 0.385. The molecular formula is C13H17NO3S. The number of carboxylic acids is 1. The lowest BCUT2D eigenvalue weighted by molar-refractivity contribution is -0.136.